The van der Waals surface area contributed by atoms with Gasteiger partial charge in [0.15, 0.2) is 0 Å². The normalized spacial score (nSPS) is 11.7. The first-order valence-corrected chi connectivity index (χ1v) is 7.62. The van der Waals surface area contributed by atoms with Gasteiger partial charge in [0.2, 0.25) is 10.0 Å². The highest BCUT2D eigenvalue weighted by Gasteiger charge is 2.19. The first kappa shape index (κ1) is 15.1. The molecule has 1 aromatic rings. The van der Waals surface area contributed by atoms with Crippen LogP contribution in [0.1, 0.15) is 12.0 Å². The number of hydrogen-bond acceptors (Lipinski definition) is 3. The van der Waals surface area contributed by atoms with Gasteiger partial charge in [-0.05, 0) is 17.7 Å². The summed E-state index contributed by atoms with van der Waals surface area (Å²) in [6.45, 7) is 0.224. The Morgan fingerprint density at radius 3 is 2.67 bits per heavy atom. The fraction of sp³-hybridized carbons (Fsp3) is 0.364. The number of halogens is 1. The van der Waals surface area contributed by atoms with E-state index in [1.54, 1.807) is 0 Å². The van der Waals surface area contributed by atoms with Crippen LogP contribution in [-0.4, -0.2) is 36.6 Å². The minimum absolute atomic E-state index is 0.224. The van der Waals surface area contributed by atoms with Crippen molar-refractivity contribution in [2.45, 2.75) is 13.0 Å². The highest BCUT2D eigenvalue weighted by Crippen LogP contribution is 2.14. The van der Waals surface area contributed by atoms with Gasteiger partial charge in [0.1, 0.15) is 0 Å². The monoisotopic (exact) mass is 335 g/mol. The molecule has 0 unspecified atom stereocenters. The summed E-state index contributed by atoms with van der Waals surface area (Å²) in [5, 5.41) is 8.50. The molecule has 0 saturated carbocycles. The molecule has 1 N–H and O–H groups in total. The Morgan fingerprint density at radius 2 is 2.11 bits per heavy atom. The molecule has 0 aromatic heterocycles. The van der Waals surface area contributed by atoms with Crippen molar-refractivity contribution in [1.29, 1.82) is 0 Å². The molecule has 0 heterocycles. The van der Waals surface area contributed by atoms with Gasteiger partial charge in [-0.15, -0.1) is 0 Å². The zero-order chi connectivity index (χ0) is 13.8. The lowest BCUT2D eigenvalue weighted by Crippen LogP contribution is -2.29. The third-order valence-corrected chi connectivity index (χ3v) is 4.64. The maximum Gasteiger partial charge on any atom is 0.304 e. The third-order valence-electron chi connectivity index (χ3n) is 2.34. The van der Waals surface area contributed by atoms with Crippen LogP contribution in [0, 0.1) is 0 Å². The molecule has 1 aromatic carbocycles. The summed E-state index contributed by atoms with van der Waals surface area (Å²) in [7, 11) is -2.09. The highest BCUT2D eigenvalue weighted by atomic mass is 79.9. The van der Waals surface area contributed by atoms with E-state index in [1.165, 1.54) is 7.05 Å². The molecule has 0 radical (unpaired) electrons. The van der Waals surface area contributed by atoms with Crippen molar-refractivity contribution >= 4 is 31.9 Å². The van der Waals surface area contributed by atoms with E-state index in [4.69, 9.17) is 5.11 Å². The van der Waals surface area contributed by atoms with Crippen LogP contribution in [0.5, 0.6) is 0 Å². The maximum absolute atomic E-state index is 11.8. The Morgan fingerprint density at radius 1 is 1.44 bits per heavy atom. The van der Waals surface area contributed by atoms with Crippen molar-refractivity contribution in [3.05, 3.63) is 34.3 Å². The predicted octanol–water partition coefficient (Wildman–Crippen LogP) is 1.69. The highest BCUT2D eigenvalue weighted by molar-refractivity contribution is 9.10. The molecule has 0 spiro atoms. The fourth-order valence-electron chi connectivity index (χ4n) is 1.36. The lowest BCUT2D eigenvalue weighted by atomic mass is 10.2. The van der Waals surface area contributed by atoms with E-state index in [2.05, 4.69) is 15.9 Å². The number of carboxylic acid groups (broad SMARTS) is 1. The van der Waals surface area contributed by atoms with Crippen molar-refractivity contribution in [2.24, 2.45) is 0 Å². The summed E-state index contributed by atoms with van der Waals surface area (Å²) in [6, 6.07) is 7.30. The molecular formula is C11H14BrNO4S. The number of rotatable bonds is 6. The Balaban J connectivity index is 2.70. The quantitative estimate of drug-likeness (QED) is 0.858. The van der Waals surface area contributed by atoms with Crippen molar-refractivity contribution in [3.8, 4) is 0 Å². The second-order valence-corrected chi connectivity index (χ2v) is 6.96. The van der Waals surface area contributed by atoms with Crippen LogP contribution in [0.25, 0.3) is 0 Å². The van der Waals surface area contributed by atoms with Gasteiger partial charge in [0.05, 0.1) is 12.2 Å². The van der Waals surface area contributed by atoms with E-state index in [-0.39, 0.29) is 18.7 Å². The lowest BCUT2D eigenvalue weighted by Gasteiger charge is -2.16. The summed E-state index contributed by atoms with van der Waals surface area (Å²) >= 11 is 3.31. The average molecular weight is 336 g/mol. The SMILES string of the molecule is CN(Cc1cccc(Br)c1)S(=O)(=O)CCC(=O)O. The van der Waals surface area contributed by atoms with Gasteiger partial charge in [-0.1, -0.05) is 28.1 Å². The molecular weight excluding hydrogens is 322 g/mol. The standard InChI is InChI=1S/C11H14BrNO4S/c1-13(18(16,17)6-5-11(14)15)8-9-3-2-4-10(12)7-9/h2-4,7H,5-6,8H2,1H3,(H,14,15). The molecule has 1 rings (SSSR count). The van der Waals surface area contributed by atoms with E-state index in [0.29, 0.717) is 0 Å². The summed E-state index contributed by atoms with van der Waals surface area (Å²) < 4.78 is 25.6. The van der Waals surface area contributed by atoms with Crippen molar-refractivity contribution in [1.82, 2.24) is 4.31 Å². The molecule has 0 fully saturated rings. The molecule has 100 valence electrons. The predicted molar refractivity (Wildman–Crippen MR) is 71.6 cm³/mol. The van der Waals surface area contributed by atoms with E-state index < -0.39 is 16.0 Å². The number of carbonyl (C=O) groups is 1. The van der Waals surface area contributed by atoms with Crippen LogP contribution in [-0.2, 0) is 21.4 Å². The molecule has 0 atom stereocenters. The maximum atomic E-state index is 11.8. The van der Waals surface area contributed by atoms with Gasteiger partial charge in [-0.3, -0.25) is 4.79 Å². The van der Waals surface area contributed by atoms with Crippen molar-refractivity contribution in [3.63, 3.8) is 0 Å². The van der Waals surface area contributed by atoms with Crippen LogP contribution in [0.3, 0.4) is 0 Å². The minimum Gasteiger partial charge on any atom is -0.481 e. The van der Waals surface area contributed by atoms with E-state index >= 15 is 0 Å². The molecule has 0 bridgehead atoms. The van der Waals surface area contributed by atoms with Crippen LogP contribution >= 0.6 is 15.9 Å². The van der Waals surface area contributed by atoms with Gasteiger partial charge in [0, 0.05) is 18.1 Å². The van der Waals surface area contributed by atoms with E-state index in [0.717, 1.165) is 14.3 Å². The second kappa shape index (κ2) is 6.31. The van der Waals surface area contributed by atoms with Gasteiger partial charge in [-0.25, -0.2) is 12.7 Å². The van der Waals surface area contributed by atoms with Gasteiger partial charge >= 0.3 is 5.97 Å². The second-order valence-electron chi connectivity index (χ2n) is 3.85. The Bertz CT molecular complexity index is 530. The average Bonchev–Trinajstić information content (AvgIpc) is 2.26. The first-order valence-electron chi connectivity index (χ1n) is 5.21. The number of carboxylic acids is 1. The number of benzene rings is 1. The minimum atomic E-state index is -3.53. The fourth-order valence-corrected chi connectivity index (χ4v) is 2.90. The zero-order valence-electron chi connectivity index (χ0n) is 9.84. The van der Waals surface area contributed by atoms with E-state index in [9.17, 15) is 13.2 Å². The number of sulfonamides is 1. The molecule has 0 amide bonds. The first-order chi connectivity index (χ1) is 8.31. The summed E-state index contributed by atoms with van der Waals surface area (Å²) in [5.74, 6) is -1.50. The zero-order valence-corrected chi connectivity index (χ0v) is 12.2. The Kier molecular flexibility index (Phi) is 5.30. The largest absolute Gasteiger partial charge is 0.481 e. The molecule has 0 saturated heterocycles. The number of nitrogens with zero attached hydrogens (tertiary/aromatic N) is 1. The molecule has 7 heteroatoms. The van der Waals surface area contributed by atoms with Crippen LogP contribution < -0.4 is 0 Å². The Hall–Kier alpha value is -0.920. The van der Waals surface area contributed by atoms with Crippen LogP contribution in [0.4, 0.5) is 0 Å². The molecule has 18 heavy (non-hydrogen) atoms. The summed E-state index contributed by atoms with van der Waals surface area (Å²) in [6.07, 6.45) is -0.384. The van der Waals surface area contributed by atoms with Crippen LogP contribution in [0.15, 0.2) is 28.7 Å². The van der Waals surface area contributed by atoms with E-state index in [1.807, 2.05) is 24.3 Å². The van der Waals surface area contributed by atoms with Gasteiger partial charge in [0.25, 0.3) is 0 Å². The molecule has 0 aliphatic rings. The van der Waals surface area contributed by atoms with Crippen LogP contribution in [0.2, 0.25) is 0 Å². The molecule has 0 aliphatic carbocycles. The lowest BCUT2D eigenvalue weighted by molar-refractivity contribution is -0.136. The Labute approximate surface area is 115 Å². The van der Waals surface area contributed by atoms with Crippen molar-refractivity contribution in [2.75, 3.05) is 12.8 Å². The third kappa shape index (κ3) is 4.75. The number of aliphatic carboxylic acids is 1. The van der Waals surface area contributed by atoms with Gasteiger partial charge in [-0.2, -0.15) is 0 Å². The molecule has 0 aliphatic heterocycles. The number of hydrogen-bond donors (Lipinski definition) is 1. The topological polar surface area (TPSA) is 74.7 Å². The molecule has 5 nitrogen and oxygen atoms in total. The van der Waals surface area contributed by atoms with Gasteiger partial charge < -0.3 is 5.11 Å². The summed E-state index contributed by atoms with van der Waals surface area (Å²) in [5.41, 5.74) is 0.839. The van der Waals surface area contributed by atoms with Crippen molar-refractivity contribution < 1.29 is 18.3 Å². The smallest absolute Gasteiger partial charge is 0.304 e. The summed E-state index contributed by atoms with van der Waals surface area (Å²) in [4.78, 5) is 10.4.